The molecular formula is C32H31F5O2. The maximum atomic E-state index is 14.8. The summed E-state index contributed by atoms with van der Waals surface area (Å²) < 4.78 is 78.8. The summed E-state index contributed by atoms with van der Waals surface area (Å²) >= 11 is 0. The van der Waals surface area contributed by atoms with Gasteiger partial charge < -0.3 is 9.47 Å². The molecule has 0 amide bonds. The van der Waals surface area contributed by atoms with Crippen LogP contribution in [0.15, 0.2) is 42.5 Å². The first-order valence-corrected chi connectivity index (χ1v) is 13.6. The van der Waals surface area contributed by atoms with Crippen molar-refractivity contribution in [1.29, 1.82) is 0 Å². The monoisotopic (exact) mass is 542 g/mol. The lowest BCUT2D eigenvalue weighted by molar-refractivity contribution is -0.226. The molecular weight excluding hydrogens is 511 g/mol. The SMILES string of the molecule is CCCCCC1COC(C2CCc3cc(-c4ccc5c(F)c(C#CC(F)(F)F)c(F)cc5c4)ccc3C2)OC1. The molecule has 3 aromatic carbocycles. The molecule has 206 valence electrons. The molecule has 0 radical (unpaired) electrons. The average Bonchev–Trinajstić information content (AvgIpc) is 2.92. The number of hydrogen-bond donors (Lipinski definition) is 0. The van der Waals surface area contributed by atoms with Crippen molar-refractivity contribution in [2.45, 2.75) is 64.3 Å². The molecule has 1 aliphatic heterocycles. The molecule has 3 aromatic rings. The third kappa shape index (κ3) is 6.45. The highest BCUT2D eigenvalue weighted by atomic mass is 19.4. The summed E-state index contributed by atoms with van der Waals surface area (Å²) in [6.07, 6.45) is 2.53. The first-order chi connectivity index (χ1) is 18.7. The van der Waals surface area contributed by atoms with Crippen molar-refractivity contribution in [3.63, 3.8) is 0 Å². The maximum Gasteiger partial charge on any atom is 0.458 e. The summed E-state index contributed by atoms with van der Waals surface area (Å²) in [5, 5.41) is 0.282. The fourth-order valence-corrected chi connectivity index (χ4v) is 5.63. The summed E-state index contributed by atoms with van der Waals surface area (Å²) in [6, 6.07) is 12.0. The van der Waals surface area contributed by atoms with E-state index in [0.29, 0.717) is 11.8 Å². The molecule has 2 nitrogen and oxygen atoms in total. The predicted octanol–water partition coefficient (Wildman–Crippen LogP) is 8.37. The number of unbranched alkanes of at least 4 members (excludes halogenated alkanes) is 2. The van der Waals surface area contributed by atoms with E-state index in [9.17, 15) is 22.0 Å². The lowest BCUT2D eigenvalue weighted by Gasteiger charge is -2.36. The van der Waals surface area contributed by atoms with E-state index in [1.165, 1.54) is 36.5 Å². The van der Waals surface area contributed by atoms with Crippen LogP contribution >= 0.6 is 0 Å². The molecule has 2 aliphatic rings. The van der Waals surface area contributed by atoms with Gasteiger partial charge in [-0.2, -0.15) is 13.2 Å². The van der Waals surface area contributed by atoms with E-state index >= 15 is 0 Å². The molecule has 5 rings (SSSR count). The van der Waals surface area contributed by atoms with E-state index in [1.54, 1.807) is 18.1 Å². The second-order valence-corrected chi connectivity index (χ2v) is 10.6. The Labute approximate surface area is 225 Å². The molecule has 0 spiro atoms. The van der Waals surface area contributed by atoms with E-state index in [2.05, 4.69) is 19.1 Å². The Morgan fingerprint density at radius 1 is 0.923 bits per heavy atom. The number of halogens is 5. The van der Waals surface area contributed by atoms with Crippen molar-refractivity contribution in [2.24, 2.45) is 11.8 Å². The molecule has 1 aliphatic carbocycles. The van der Waals surface area contributed by atoms with Gasteiger partial charge in [-0.05, 0) is 65.5 Å². The van der Waals surface area contributed by atoms with Crippen molar-refractivity contribution in [1.82, 2.24) is 0 Å². The van der Waals surface area contributed by atoms with Crippen LogP contribution in [0, 0.1) is 35.3 Å². The van der Waals surface area contributed by atoms with Gasteiger partial charge in [-0.15, -0.1) is 0 Å². The van der Waals surface area contributed by atoms with Gasteiger partial charge in [-0.1, -0.05) is 62.4 Å². The molecule has 0 saturated carbocycles. The van der Waals surface area contributed by atoms with Gasteiger partial charge in [0.1, 0.15) is 11.6 Å². The van der Waals surface area contributed by atoms with Crippen LogP contribution in [-0.2, 0) is 22.3 Å². The fraction of sp³-hybridized carbons (Fsp3) is 0.438. The minimum Gasteiger partial charge on any atom is -0.352 e. The van der Waals surface area contributed by atoms with Crippen LogP contribution in [0.2, 0.25) is 0 Å². The quantitative estimate of drug-likeness (QED) is 0.177. The smallest absolute Gasteiger partial charge is 0.352 e. The minimum atomic E-state index is -4.84. The minimum absolute atomic E-state index is 0.0208. The Kier molecular flexibility index (Phi) is 8.25. The van der Waals surface area contributed by atoms with Crippen molar-refractivity contribution < 1.29 is 31.4 Å². The van der Waals surface area contributed by atoms with Gasteiger partial charge in [-0.25, -0.2) is 8.78 Å². The summed E-state index contributed by atoms with van der Waals surface area (Å²) in [5.41, 5.74) is 3.28. The Balaban J connectivity index is 1.29. The summed E-state index contributed by atoms with van der Waals surface area (Å²) in [6.45, 7) is 3.73. The zero-order valence-corrected chi connectivity index (χ0v) is 21.8. The van der Waals surface area contributed by atoms with Crippen molar-refractivity contribution in [3.05, 3.63) is 70.8 Å². The first-order valence-electron chi connectivity index (χ1n) is 13.6. The van der Waals surface area contributed by atoms with E-state index in [0.717, 1.165) is 62.0 Å². The third-order valence-corrected chi connectivity index (χ3v) is 7.76. The highest BCUT2D eigenvalue weighted by molar-refractivity contribution is 5.89. The molecule has 0 N–H and O–H groups in total. The van der Waals surface area contributed by atoms with E-state index < -0.39 is 23.4 Å². The Hall–Kier alpha value is -2.95. The van der Waals surface area contributed by atoms with Gasteiger partial charge >= 0.3 is 6.18 Å². The molecule has 0 aromatic heterocycles. The molecule has 0 bridgehead atoms. The number of rotatable bonds is 6. The maximum absolute atomic E-state index is 14.8. The highest BCUT2D eigenvalue weighted by Gasteiger charge is 2.32. The van der Waals surface area contributed by atoms with Gasteiger partial charge in [0.15, 0.2) is 6.29 Å². The Morgan fingerprint density at radius 2 is 1.67 bits per heavy atom. The summed E-state index contributed by atoms with van der Waals surface area (Å²) in [7, 11) is 0. The number of aryl methyl sites for hydroxylation is 1. The van der Waals surface area contributed by atoms with Gasteiger partial charge in [0.2, 0.25) is 0 Å². The number of ether oxygens (including phenoxy) is 2. The van der Waals surface area contributed by atoms with Crippen molar-refractivity contribution >= 4 is 10.8 Å². The van der Waals surface area contributed by atoms with Crippen molar-refractivity contribution in [3.8, 4) is 23.0 Å². The molecule has 1 unspecified atom stereocenters. The zero-order chi connectivity index (χ0) is 27.6. The van der Waals surface area contributed by atoms with Crippen LogP contribution in [0.1, 0.15) is 55.7 Å². The summed E-state index contributed by atoms with van der Waals surface area (Å²) in [4.78, 5) is 0. The largest absolute Gasteiger partial charge is 0.458 e. The van der Waals surface area contributed by atoms with Gasteiger partial charge in [0, 0.05) is 23.1 Å². The topological polar surface area (TPSA) is 18.5 Å². The molecule has 1 fully saturated rings. The van der Waals surface area contributed by atoms with E-state index in [1.807, 2.05) is 6.07 Å². The van der Waals surface area contributed by atoms with E-state index in [4.69, 9.17) is 9.47 Å². The van der Waals surface area contributed by atoms with Crippen LogP contribution in [0.3, 0.4) is 0 Å². The average molecular weight is 543 g/mol. The standard InChI is InChI=1S/C32H31F5O2/c1-2-3-4-5-20-18-38-31(39-19-20)25-9-8-22-14-21(6-7-23(22)15-25)24-10-11-27-26(16-24)17-29(33)28(30(27)34)12-13-32(35,36)37/h6-7,10-11,14,16-17,20,25,31H,2-5,8-9,15,18-19H2,1H3. The normalized spacial score (nSPS) is 21.3. The summed E-state index contributed by atoms with van der Waals surface area (Å²) in [5.74, 6) is 1.10. The molecule has 1 heterocycles. The third-order valence-electron chi connectivity index (χ3n) is 7.76. The van der Waals surface area contributed by atoms with Gasteiger partial charge in [0.25, 0.3) is 0 Å². The Morgan fingerprint density at radius 3 is 2.41 bits per heavy atom. The molecule has 7 heteroatoms. The fourth-order valence-electron chi connectivity index (χ4n) is 5.63. The molecule has 39 heavy (non-hydrogen) atoms. The predicted molar refractivity (Wildman–Crippen MR) is 141 cm³/mol. The molecule has 1 atom stereocenters. The van der Waals surface area contributed by atoms with Gasteiger partial charge in [0.05, 0.1) is 18.8 Å². The van der Waals surface area contributed by atoms with Crippen LogP contribution in [0.5, 0.6) is 0 Å². The second-order valence-electron chi connectivity index (χ2n) is 10.6. The van der Waals surface area contributed by atoms with Crippen molar-refractivity contribution in [2.75, 3.05) is 13.2 Å². The van der Waals surface area contributed by atoms with Crippen LogP contribution in [-0.4, -0.2) is 25.7 Å². The Bertz CT molecular complexity index is 1390. The number of hydrogen-bond acceptors (Lipinski definition) is 2. The van der Waals surface area contributed by atoms with Crippen LogP contribution in [0.4, 0.5) is 22.0 Å². The first kappa shape index (κ1) is 27.6. The van der Waals surface area contributed by atoms with Crippen LogP contribution < -0.4 is 0 Å². The van der Waals surface area contributed by atoms with E-state index in [-0.39, 0.29) is 17.1 Å². The lowest BCUT2D eigenvalue weighted by Crippen LogP contribution is -2.39. The molecule has 1 saturated heterocycles. The number of fused-ring (bicyclic) bond motifs is 2. The van der Waals surface area contributed by atoms with Gasteiger partial charge in [-0.3, -0.25) is 0 Å². The second kappa shape index (κ2) is 11.7. The number of benzene rings is 3. The van der Waals surface area contributed by atoms with Crippen LogP contribution in [0.25, 0.3) is 21.9 Å². The highest BCUT2D eigenvalue weighted by Crippen LogP contribution is 2.35. The zero-order valence-electron chi connectivity index (χ0n) is 21.8. The lowest BCUT2D eigenvalue weighted by atomic mass is 9.82. The number of alkyl halides is 3.